The number of hydrogen-bond donors (Lipinski definition) is 0. The predicted octanol–water partition coefficient (Wildman–Crippen LogP) is 4.23. The Bertz CT molecular complexity index is 832. The quantitative estimate of drug-likeness (QED) is 0.403. The van der Waals surface area contributed by atoms with Gasteiger partial charge in [-0.05, 0) is 12.5 Å². The van der Waals surface area contributed by atoms with Crippen molar-refractivity contribution in [1.29, 1.82) is 0 Å². The lowest BCUT2D eigenvalue weighted by molar-refractivity contribution is -0.384. The van der Waals surface area contributed by atoms with Gasteiger partial charge in [0.15, 0.2) is 0 Å². The Hall–Kier alpha value is -2.05. The molecular weight excluding hydrogens is 298 g/mol. The van der Waals surface area contributed by atoms with Crippen molar-refractivity contribution in [2.24, 2.45) is 0 Å². The number of halogens is 1. The van der Waals surface area contributed by atoms with E-state index in [4.69, 9.17) is 11.6 Å². The molecule has 0 saturated heterocycles. The van der Waals surface area contributed by atoms with Crippen LogP contribution < -0.4 is 0 Å². The molecule has 0 bridgehead atoms. The maximum Gasteiger partial charge on any atom is 0.270 e. The van der Waals surface area contributed by atoms with E-state index >= 15 is 0 Å². The minimum Gasteiger partial charge on any atom is -0.258 e. The molecule has 0 aliphatic rings. The second-order valence-corrected chi connectivity index (χ2v) is 5.77. The van der Waals surface area contributed by atoms with E-state index in [0.717, 1.165) is 26.2 Å². The maximum absolute atomic E-state index is 10.9. The number of fused-ring (bicyclic) bond motifs is 1. The molecule has 3 rings (SSSR count). The summed E-state index contributed by atoms with van der Waals surface area (Å²) in [6.45, 7) is 1.94. The normalized spacial score (nSPS) is 10.9. The van der Waals surface area contributed by atoms with E-state index in [-0.39, 0.29) is 5.69 Å². The molecule has 0 atom stereocenters. The highest BCUT2D eigenvalue weighted by molar-refractivity contribution is 7.20. The maximum atomic E-state index is 10.9. The van der Waals surface area contributed by atoms with Crippen LogP contribution >= 0.6 is 22.9 Å². The molecule has 7 heteroatoms. The predicted molar refractivity (Wildman–Crippen MR) is 79.3 cm³/mol. The molecule has 5 nitrogen and oxygen atoms in total. The van der Waals surface area contributed by atoms with Gasteiger partial charge < -0.3 is 0 Å². The standard InChI is InChI=1S/C13H8ClN3O2S/c1-7-10(8-3-2-4-9(5-8)17(18)19)11-12(20-7)13(14)16-6-15-11/h2-6H,1H3. The molecule has 0 unspecified atom stereocenters. The van der Waals surface area contributed by atoms with Crippen LogP contribution in [0.2, 0.25) is 5.15 Å². The molecular formula is C13H8ClN3O2S. The number of non-ortho nitro benzene ring substituents is 1. The van der Waals surface area contributed by atoms with E-state index in [9.17, 15) is 10.1 Å². The van der Waals surface area contributed by atoms with Crippen LogP contribution in [0.3, 0.4) is 0 Å². The lowest BCUT2D eigenvalue weighted by atomic mass is 10.0. The number of rotatable bonds is 2. The largest absolute Gasteiger partial charge is 0.270 e. The van der Waals surface area contributed by atoms with E-state index in [2.05, 4.69) is 9.97 Å². The third kappa shape index (κ3) is 2.03. The van der Waals surface area contributed by atoms with Gasteiger partial charge in [0, 0.05) is 22.6 Å². The first kappa shape index (κ1) is 13.0. The molecule has 0 aliphatic carbocycles. The summed E-state index contributed by atoms with van der Waals surface area (Å²) in [5, 5.41) is 11.3. The van der Waals surface area contributed by atoms with E-state index in [1.807, 2.05) is 13.0 Å². The number of hydrogen-bond acceptors (Lipinski definition) is 5. The van der Waals surface area contributed by atoms with Gasteiger partial charge in [-0.15, -0.1) is 11.3 Å². The second-order valence-electron chi connectivity index (χ2n) is 4.18. The van der Waals surface area contributed by atoms with Gasteiger partial charge in [0.05, 0.1) is 15.1 Å². The van der Waals surface area contributed by atoms with Gasteiger partial charge in [0.2, 0.25) is 0 Å². The lowest BCUT2D eigenvalue weighted by Gasteiger charge is -2.01. The summed E-state index contributed by atoms with van der Waals surface area (Å²) in [5.41, 5.74) is 2.42. The molecule has 0 aliphatic heterocycles. The molecule has 0 amide bonds. The number of benzene rings is 1. The Morgan fingerprint density at radius 2 is 2.15 bits per heavy atom. The summed E-state index contributed by atoms with van der Waals surface area (Å²) < 4.78 is 0.799. The van der Waals surface area contributed by atoms with Crippen LogP contribution in [-0.4, -0.2) is 14.9 Å². The van der Waals surface area contributed by atoms with Gasteiger partial charge in [-0.2, -0.15) is 0 Å². The lowest BCUT2D eigenvalue weighted by Crippen LogP contribution is -1.89. The highest BCUT2D eigenvalue weighted by Crippen LogP contribution is 2.39. The molecule has 3 aromatic rings. The van der Waals surface area contributed by atoms with Crippen molar-refractivity contribution in [3.8, 4) is 11.1 Å². The molecule has 2 heterocycles. The summed E-state index contributed by atoms with van der Waals surface area (Å²) in [6, 6.07) is 6.51. The topological polar surface area (TPSA) is 68.9 Å². The van der Waals surface area contributed by atoms with Gasteiger partial charge in [0.1, 0.15) is 11.5 Å². The van der Waals surface area contributed by atoms with Crippen LogP contribution in [-0.2, 0) is 0 Å². The third-order valence-electron chi connectivity index (χ3n) is 2.95. The Morgan fingerprint density at radius 3 is 2.90 bits per heavy atom. The molecule has 1 aromatic carbocycles. The van der Waals surface area contributed by atoms with Crippen molar-refractivity contribution < 1.29 is 4.92 Å². The van der Waals surface area contributed by atoms with Crippen molar-refractivity contribution in [3.05, 3.63) is 50.7 Å². The summed E-state index contributed by atoms with van der Waals surface area (Å²) >= 11 is 7.55. The monoisotopic (exact) mass is 305 g/mol. The van der Waals surface area contributed by atoms with Gasteiger partial charge in [0.25, 0.3) is 5.69 Å². The molecule has 0 fully saturated rings. The second kappa shape index (κ2) is 4.81. The van der Waals surface area contributed by atoms with Crippen LogP contribution in [0.25, 0.3) is 21.3 Å². The molecule has 0 radical (unpaired) electrons. The Morgan fingerprint density at radius 1 is 1.35 bits per heavy atom. The summed E-state index contributed by atoms with van der Waals surface area (Å²) in [7, 11) is 0. The molecule has 20 heavy (non-hydrogen) atoms. The van der Waals surface area contributed by atoms with Crippen molar-refractivity contribution in [1.82, 2.24) is 9.97 Å². The SMILES string of the molecule is Cc1sc2c(Cl)ncnc2c1-c1cccc([N+](=O)[O-])c1. The zero-order valence-electron chi connectivity index (χ0n) is 10.3. The fraction of sp³-hybridized carbons (Fsp3) is 0.0769. The Kier molecular flexibility index (Phi) is 3.11. The smallest absolute Gasteiger partial charge is 0.258 e. The number of nitro groups is 1. The van der Waals surface area contributed by atoms with E-state index in [0.29, 0.717) is 5.15 Å². The zero-order valence-corrected chi connectivity index (χ0v) is 11.9. The van der Waals surface area contributed by atoms with Crippen molar-refractivity contribution >= 4 is 38.8 Å². The van der Waals surface area contributed by atoms with Crippen molar-refractivity contribution in [3.63, 3.8) is 0 Å². The van der Waals surface area contributed by atoms with Crippen LogP contribution in [0.5, 0.6) is 0 Å². The first-order valence-corrected chi connectivity index (χ1v) is 6.92. The summed E-state index contributed by atoms with van der Waals surface area (Å²) in [5.74, 6) is 0. The number of aromatic nitrogens is 2. The van der Waals surface area contributed by atoms with Crippen LogP contribution in [0, 0.1) is 17.0 Å². The number of nitrogens with zero attached hydrogens (tertiary/aromatic N) is 3. The summed E-state index contributed by atoms with van der Waals surface area (Å²) in [6.07, 6.45) is 1.40. The van der Waals surface area contributed by atoms with Crippen molar-refractivity contribution in [2.45, 2.75) is 6.92 Å². The minimum absolute atomic E-state index is 0.0569. The molecule has 100 valence electrons. The fourth-order valence-electron chi connectivity index (χ4n) is 2.11. The van der Waals surface area contributed by atoms with Crippen molar-refractivity contribution in [2.75, 3.05) is 0 Å². The Balaban J connectivity index is 2.29. The Labute approximate surface area is 123 Å². The summed E-state index contributed by atoms with van der Waals surface area (Å²) in [4.78, 5) is 19.7. The average Bonchev–Trinajstić information content (AvgIpc) is 2.77. The van der Waals surface area contributed by atoms with Gasteiger partial charge in [-0.1, -0.05) is 23.7 Å². The van der Waals surface area contributed by atoms with Crippen LogP contribution in [0.4, 0.5) is 5.69 Å². The molecule has 0 N–H and O–H groups in total. The molecule has 0 saturated carbocycles. The number of thiophene rings is 1. The highest BCUT2D eigenvalue weighted by atomic mass is 35.5. The minimum atomic E-state index is -0.407. The highest BCUT2D eigenvalue weighted by Gasteiger charge is 2.17. The molecule has 2 aromatic heterocycles. The van der Waals surface area contributed by atoms with Gasteiger partial charge in [-0.3, -0.25) is 10.1 Å². The van der Waals surface area contributed by atoms with Gasteiger partial charge in [-0.25, -0.2) is 9.97 Å². The average molecular weight is 306 g/mol. The van der Waals surface area contributed by atoms with E-state index < -0.39 is 4.92 Å². The first-order valence-electron chi connectivity index (χ1n) is 5.72. The third-order valence-corrected chi connectivity index (χ3v) is 4.45. The van der Waals surface area contributed by atoms with Gasteiger partial charge >= 0.3 is 0 Å². The number of nitro benzene ring substituents is 1. The van der Waals surface area contributed by atoms with E-state index in [1.165, 1.54) is 23.7 Å². The number of aryl methyl sites for hydroxylation is 1. The van der Waals surface area contributed by atoms with Crippen LogP contribution in [0.15, 0.2) is 30.6 Å². The zero-order chi connectivity index (χ0) is 14.3. The first-order chi connectivity index (χ1) is 9.58. The van der Waals surface area contributed by atoms with E-state index in [1.54, 1.807) is 12.1 Å². The fourth-order valence-corrected chi connectivity index (χ4v) is 3.37. The molecule has 0 spiro atoms. The van der Waals surface area contributed by atoms with Crippen LogP contribution in [0.1, 0.15) is 4.88 Å².